The number of hydrogen-bond donors (Lipinski definition) is 1. The Morgan fingerprint density at radius 2 is 1.33 bits per heavy atom. The predicted molar refractivity (Wildman–Crippen MR) is 61.4 cm³/mol. The minimum atomic E-state index is 0.347. The van der Waals surface area contributed by atoms with Crippen LogP contribution in [-0.4, -0.2) is 11.7 Å². The van der Waals surface area contributed by atoms with Crippen molar-refractivity contribution in [2.24, 2.45) is 0 Å². The van der Waals surface area contributed by atoms with Crippen molar-refractivity contribution >= 4 is 0 Å². The van der Waals surface area contributed by atoms with E-state index in [1.165, 1.54) is 32.1 Å². The molecule has 2 heteroatoms. The number of nitrogens with zero attached hydrogens (tertiary/aromatic N) is 1. The molecule has 0 saturated carbocycles. The van der Waals surface area contributed by atoms with Gasteiger partial charge in [0, 0.05) is 25.2 Å². The number of pyridine rings is 1. The van der Waals surface area contributed by atoms with E-state index in [0.717, 1.165) is 13.0 Å². The summed E-state index contributed by atoms with van der Waals surface area (Å²) in [7, 11) is 0. The van der Waals surface area contributed by atoms with Gasteiger partial charge in [0.05, 0.1) is 0 Å². The molecule has 84 valence electrons. The average molecular weight is 208 g/mol. The Balaban J connectivity index is 1.93. The number of unbranched alkanes of at least 4 members (excludes halogenated alkanes) is 5. The molecule has 0 aromatic carbocycles. The van der Waals surface area contributed by atoms with Crippen LogP contribution in [-0.2, 0) is 6.54 Å². The number of aromatic nitrogens is 1. The van der Waals surface area contributed by atoms with Crippen LogP contribution < -0.4 is 4.57 Å². The highest BCUT2D eigenvalue weighted by Crippen LogP contribution is 2.04. The normalized spacial score (nSPS) is 10.5. The van der Waals surface area contributed by atoms with Crippen LogP contribution in [0.5, 0.6) is 0 Å². The molecule has 1 aromatic heterocycles. The molecule has 0 aliphatic heterocycles. The van der Waals surface area contributed by atoms with Gasteiger partial charge >= 0.3 is 0 Å². The molecule has 0 bridgehead atoms. The Kier molecular flexibility index (Phi) is 6.84. The first-order chi connectivity index (χ1) is 7.43. The molecule has 1 rings (SSSR count). The fourth-order valence-corrected chi connectivity index (χ4v) is 1.70. The second kappa shape index (κ2) is 8.42. The van der Waals surface area contributed by atoms with Crippen LogP contribution in [0.4, 0.5) is 0 Å². The van der Waals surface area contributed by atoms with Crippen LogP contribution >= 0.6 is 0 Å². The van der Waals surface area contributed by atoms with E-state index in [9.17, 15) is 0 Å². The molecule has 0 fully saturated rings. The maximum absolute atomic E-state index is 8.61. The lowest BCUT2D eigenvalue weighted by Crippen LogP contribution is -2.32. The molecule has 0 atom stereocenters. The number of rotatable bonds is 8. The highest BCUT2D eigenvalue weighted by atomic mass is 16.2. The number of aliphatic hydroxyl groups is 1. The molecular weight excluding hydrogens is 186 g/mol. The van der Waals surface area contributed by atoms with E-state index >= 15 is 0 Å². The maximum atomic E-state index is 8.61. The van der Waals surface area contributed by atoms with E-state index in [-0.39, 0.29) is 0 Å². The maximum Gasteiger partial charge on any atom is 0.168 e. The van der Waals surface area contributed by atoms with Gasteiger partial charge in [0.2, 0.25) is 0 Å². The van der Waals surface area contributed by atoms with E-state index in [0.29, 0.717) is 6.61 Å². The average Bonchev–Trinajstić information content (AvgIpc) is 2.29. The first-order valence-electron chi connectivity index (χ1n) is 5.98. The van der Waals surface area contributed by atoms with Crippen molar-refractivity contribution in [1.29, 1.82) is 0 Å². The summed E-state index contributed by atoms with van der Waals surface area (Å²) in [5.74, 6) is 0. The van der Waals surface area contributed by atoms with Gasteiger partial charge in [-0.15, -0.1) is 0 Å². The smallest absolute Gasteiger partial charge is 0.168 e. The summed E-state index contributed by atoms with van der Waals surface area (Å²) in [5, 5.41) is 8.61. The summed E-state index contributed by atoms with van der Waals surface area (Å²) < 4.78 is 2.23. The molecule has 0 radical (unpaired) electrons. The van der Waals surface area contributed by atoms with Gasteiger partial charge in [0.1, 0.15) is 6.54 Å². The predicted octanol–water partition coefficient (Wildman–Crippen LogP) is 2.31. The Labute approximate surface area is 92.6 Å². The van der Waals surface area contributed by atoms with Crippen LogP contribution in [0, 0.1) is 0 Å². The van der Waals surface area contributed by atoms with Gasteiger partial charge in [-0.1, -0.05) is 25.3 Å². The van der Waals surface area contributed by atoms with Gasteiger partial charge in [-0.2, -0.15) is 0 Å². The molecule has 0 saturated heterocycles. The van der Waals surface area contributed by atoms with E-state index in [4.69, 9.17) is 5.11 Å². The highest BCUT2D eigenvalue weighted by molar-refractivity contribution is 4.83. The van der Waals surface area contributed by atoms with E-state index in [1.807, 2.05) is 6.07 Å². The van der Waals surface area contributed by atoms with Crippen molar-refractivity contribution < 1.29 is 9.67 Å². The van der Waals surface area contributed by atoms with Crippen molar-refractivity contribution in [3.05, 3.63) is 30.6 Å². The SMILES string of the molecule is OCCCCCCCC[n+]1ccccc1. The molecule has 1 heterocycles. The van der Waals surface area contributed by atoms with E-state index < -0.39 is 0 Å². The zero-order valence-electron chi connectivity index (χ0n) is 9.44. The van der Waals surface area contributed by atoms with Crippen molar-refractivity contribution in [3.8, 4) is 0 Å². The van der Waals surface area contributed by atoms with Crippen LogP contribution in [0.3, 0.4) is 0 Å². The third kappa shape index (κ3) is 6.24. The number of aliphatic hydroxyl groups excluding tert-OH is 1. The molecule has 2 nitrogen and oxygen atoms in total. The quantitative estimate of drug-likeness (QED) is 0.514. The summed E-state index contributed by atoms with van der Waals surface area (Å²) in [6, 6.07) is 6.19. The van der Waals surface area contributed by atoms with Crippen molar-refractivity contribution in [3.63, 3.8) is 0 Å². The third-order valence-corrected chi connectivity index (χ3v) is 2.60. The lowest BCUT2D eigenvalue weighted by molar-refractivity contribution is -0.697. The third-order valence-electron chi connectivity index (χ3n) is 2.60. The zero-order valence-corrected chi connectivity index (χ0v) is 9.44. The largest absolute Gasteiger partial charge is 0.396 e. The Hall–Kier alpha value is -0.890. The van der Waals surface area contributed by atoms with Gasteiger partial charge in [-0.25, -0.2) is 4.57 Å². The van der Waals surface area contributed by atoms with Crippen LogP contribution in [0.25, 0.3) is 0 Å². The first kappa shape index (κ1) is 12.2. The first-order valence-corrected chi connectivity index (χ1v) is 5.98. The number of aryl methyl sites for hydroxylation is 1. The fraction of sp³-hybridized carbons (Fsp3) is 0.615. The van der Waals surface area contributed by atoms with Crippen molar-refractivity contribution in [1.82, 2.24) is 0 Å². The molecule has 15 heavy (non-hydrogen) atoms. The Morgan fingerprint density at radius 3 is 2.00 bits per heavy atom. The molecule has 1 aromatic rings. The molecule has 0 amide bonds. The molecule has 0 aliphatic carbocycles. The van der Waals surface area contributed by atoms with Gasteiger partial charge < -0.3 is 5.11 Å². The van der Waals surface area contributed by atoms with E-state index in [1.54, 1.807) is 0 Å². The Morgan fingerprint density at radius 1 is 0.733 bits per heavy atom. The van der Waals surface area contributed by atoms with Gasteiger partial charge in [-0.05, 0) is 12.8 Å². The lowest BCUT2D eigenvalue weighted by Gasteiger charge is -1.99. The van der Waals surface area contributed by atoms with Crippen LogP contribution in [0.1, 0.15) is 38.5 Å². The fourth-order valence-electron chi connectivity index (χ4n) is 1.70. The second-order valence-electron chi connectivity index (χ2n) is 3.96. The van der Waals surface area contributed by atoms with Crippen molar-refractivity contribution in [2.75, 3.05) is 6.61 Å². The van der Waals surface area contributed by atoms with Gasteiger partial charge in [0.15, 0.2) is 12.4 Å². The standard InChI is InChI=1S/C13H22NO/c15-13-9-4-2-1-3-6-10-14-11-7-5-8-12-14/h5,7-8,11-12,15H,1-4,6,9-10,13H2/q+1. The number of hydrogen-bond acceptors (Lipinski definition) is 1. The lowest BCUT2D eigenvalue weighted by atomic mass is 10.1. The second-order valence-corrected chi connectivity index (χ2v) is 3.96. The topological polar surface area (TPSA) is 24.1 Å². The summed E-state index contributed by atoms with van der Waals surface area (Å²) >= 11 is 0. The minimum absolute atomic E-state index is 0.347. The molecular formula is C13H22NO+. The summed E-state index contributed by atoms with van der Waals surface area (Å²) in [6.07, 6.45) is 11.5. The van der Waals surface area contributed by atoms with Crippen LogP contribution in [0.15, 0.2) is 30.6 Å². The zero-order chi connectivity index (χ0) is 10.8. The summed E-state index contributed by atoms with van der Waals surface area (Å²) in [5.41, 5.74) is 0. The van der Waals surface area contributed by atoms with Gasteiger partial charge in [-0.3, -0.25) is 0 Å². The molecule has 1 N–H and O–H groups in total. The van der Waals surface area contributed by atoms with Crippen LogP contribution in [0.2, 0.25) is 0 Å². The molecule has 0 unspecified atom stereocenters. The van der Waals surface area contributed by atoms with Crippen molar-refractivity contribution in [2.45, 2.75) is 45.1 Å². The minimum Gasteiger partial charge on any atom is -0.396 e. The van der Waals surface area contributed by atoms with E-state index in [2.05, 4.69) is 29.1 Å². The summed E-state index contributed by atoms with van der Waals surface area (Å²) in [6.45, 7) is 1.47. The van der Waals surface area contributed by atoms with Gasteiger partial charge in [0.25, 0.3) is 0 Å². The summed E-state index contributed by atoms with van der Waals surface area (Å²) in [4.78, 5) is 0. The molecule has 0 spiro atoms. The Bertz CT molecular complexity index is 236. The molecule has 0 aliphatic rings. The highest BCUT2D eigenvalue weighted by Gasteiger charge is 1.97. The monoisotopic (exact) mass is 208 g/mol.